The molecule has 2 saturated carbocycles. The van der Waals surface area contributed by atoms with Gasteiger partial charge in [-0.2, -0.15) is 0 Å². The Bertz CT molecular complexity index is 478. The van der Waals surface area contributed by atoms with Crippen LogP contribution in [0, 0.1) is 11.8 Å². The smallest absolute Gasteiger partial charge is 0.0745 e. The molecule has 0 bridgehead atoms. The van der Waals surface area contributed by atoms with Crippen LogP contribution < -0.4 is 0 Å². The maximum atomic E-state index is 6.36. The third kappa shape index (κ3) is 4.16. The third-order valence-electron chi connectivity index (χ3n) is 6.10. The molecule has 3 aliphatic rings. The fourth-order valence-electron chi connectivity index (χ4n) is 4.49. The van der Waals surface area contributed by atoms with Crippen molar-refractivity contribution in [3.63, 3.8) is 0 Å². The summed E-state index contributed by atoms with van der Waals surface area (Å²) in [6.07, 6.45) is 11.4. The Hall–Kier alpha value is -0.860. The van der Waals surface area contributed by atoms with Crippen LogP contribution in [-0.4, -0.2) is 36.7 Å². The zero-order valence-corrected chi connectivity index (χ0v) is 14.3. The normalized spacial score (nSPS) is 29.4. The number of likely N-dealkylation sites (tertiary alicyclic amines) is 1. The van der Waals surface area contributed by atoms with E-state index in [2.05, 4.69) is 35.2 Å². The van der Waals surface area contributed by atoms with E-state index < -0.39 is 0 Å². The second-order valence-corrected chi connectivity index (χ2v) is 8.01. The zero-order valence-electron chi connectivity index (χ0n) is 14.3. The first-order chi connectivity index (χ1) is 11.4. The molecule has 1 saturated heterocycles. The van der Waals surface area contributed by atoms with E-state index in [0.29, 0.717) is 12.1 Å². The number of benzene rings is 1. The van der Waals surface area contributed by atoms with E-state index in [1.807, 2.05) is 0 Å². The van der Waals surface area contributed by atoms with Gasteiger partial charge in [0.15, 0.2) is 0 Å². The van der Waals surface area contributed by atoms with Crippen LogP contribution in [-0.2, 0) is 11.2 Å². The van der Waals surface area contributed by atoms with Gasteiger partial charge < -0.3 is 4.74 Å². The first-order valence-electron chi connectivity index (χ1n) is 9.78. The van der Waals surface area contributed by atoms with Crippen molar-refractivity contribution in [1.29, 1.82) is 0 Å². The van der Waals surface area contributed by atoms with Crippen molar-refractivity contribution in [2.45, 2.75) is 63.5 Å². The topological polar surface area (TPSA) is 12.5 Å². The lowest BCUT2D eigenvalue weighted by molar-refractivity contribution is 0.0187. The van der Waals surface area contributed by atoms with Gasteiger partial charge >= 0.3 is 0 Å². The average molecular weight is 313 g/mol. The van der Waals surface area contributed by atoms with Gasteiger partial charge in [0.05, 0.1) is 6.10 Å². The summed E-state index contributed by atoms with van der Waals surface area (Å²) in [5.74, 6) is 1.81. The Balaban J connectivity index is 1.41. The molecule has 0 aromatic heterocycles. The summed E-state index contributed by atoms with van der Waals surface area (Å²) in [5, 5.41) is 0. The molecule has 0 unspecified atom stereocenters. The maximum Gasteiger partial charge on any atom is 0.0745 e. The summed E-state index contributed by atoms with van der Waals surface area (Å²) >= 11 is 0. The molecule has 1 heterocycles. The lowest BCUT2D eigenvalue weighted by atomic mass is 10.0. The van der Waals surface area contributed by atoms with Crippen LogP contribution in [0.2, 0.25) is 0 Å². The van der Waals surface area contributed by atoms with E-state index in [-0.39, 0.29) is 0 Å². The SMILES string of the molecule is c1ccc(C[C@H]2[C@H](OCC3CC3)CCN2CC2CCCC2)cc1. The minimum atomic E-state index is 0.456. The Morgan fingerprint density at radius 2 is 1.70 bits per heavy atom. The molecule has 2 atom stereocenters. The van der Waals surface area contributed by atoms with E-state index in [1.54, 1.807) is 0 Å². The second-order valence-electron chi connectivity index (χ2n) is 8.01. The van der Waals surface area contributed by atoms with Crippen LogP contribution in [0.4, 0.5) is 0 Å². The summed E-state index contributed by atoms with van der Waals surface area (Å²) < 4.78 is 6.36. The van der Waals surface area contributed by atoms with Gasteiger partial charge in [-0.25, -0.2) is 0 Å². The molecule has 126 valence electrons. The fraction of sp³-hybridized carbons (Fsp3) is 0.714. The lowest BCUT2D eigenvalue weighted by Gasteiger charge is -2.30. The summed E-state index contributed by atoms with van der Waals surface area (Å²) in [5.41, 5.74) is 1.47. The molecule has 1 aliphatic heterocycles. The predicted octanol–water partition coefficient (Wildman–Crippen LogP) is 4.29. The van der Waals surface area contributed by atoms with Gasteiger partial charge in [0.1, 0.15) is 0 Å². The second kappa shape index (κ2) is 7.36. The highest BCUT2D eigenvalue weighted by Gasteiger charge is 2.37. The van der Waals surface area contributed by atoms with Gasteiger partial charge in [-0.05, 0) is 55.9 Å². The zero-order chi connectivity index (χ0) is 15.5. The highest BCUT2D eigenvalue weighted by Crippen LogP contribution is 2.33. The van der Waals surface area contributed by atoms with E-state index in [0.717, 1.165) is 24.9 Å². The first-order valence-corrected chi connectivity index (χ1v) is 9.78. The average Bonchev–Trinajstić information content (AvgIpc) is 3.13. The van der Waals surface area contributed by atoms with Crippen LogP contribution in [0.15, 0.2) is 30.3 Å². The molecule has 0 amide bonds. The summed E-state index contributed by atoms with van der Waals surface area (Å²) in [6.45, 7) is 3.55. The van der Waals surface area contributed by atoms with Gasteiger partial charge in [0, 0.05) is 25.7 Å². The van der Waals surface area contributed by atoms with Gasteiger partial charge in [-0.1, -0.05) is 43.2 Å². The van der Waals surface area contributed by atoms with Crippen LogP contribution in [0.3, 0.4) is 0 Å². The highest BCUT2D eigenvalue weighted by molar-refractivity contribution is 5.17. The number of hydrogen-bond acceptors (Lipinski definition) is 2. The molecule has 0 spiro atoms. The van der Waals surface area contributed by atoms with Crippen LogP contribution in [0.25, 0.3) is 0 Å². The summed E-state index contributed by atoms with van der Waals surface area (Å²) in [4.78, 5) is 2.76. The number of nitrogens with zero attached hydrogens (tertiary/aromatic N) is 1. The van der Waals surface area contributed by atoms with Crippen LogP contribution in [0.5, 0.6) is 0 Å². The number of rotatable bonds is 7. The molecule has 0 radical (unpaired) electrons. The van der Waals surface area contributed by atoms with E-state index in [4.69, 9.17) is 4.74 Å². The summed E-state index contributed by atoms with van der Waals surface area (Å²) in [6, 6.07) is 11.6. The van der Waals surface area contributed by atoms with E-state index >= 15 is 0 Å². The van der Waals surface area contributed by atoms with Crippen molar-refractivity contribution in [1.82, 2.24) is 4.90 Å². The van der Waals surface area contributed by atoms with E-state index in [1.165, 1.54) is 63.6 Å². The van der Waals surface area contributed by atoms with Crippen LogP contribution in [0.1, 0.15) is 50.5 Å². The van der Waals surface area contributed by atoms with Crippen LogP contribution >= 0.6 is 0 Å². The first kappa shape index (κ1) is 15.7. The van der Waals surface area contributed by atoms with Gasteiger partial charge in [0.25, 0.3) is 0 Å². The Kier molecular flexibility index (Phi) is 5.01. The largest absolute Gasteiger partial charge is 0.376 e. The molecular weight excluding hydrogens is 282 g/mol. The Labute approximate surface area is 141 Å². The Morgan fingerprint density at radius 1 is 0.913 bits per heavy atom. The quantitative estimate of drug-likeness (QED) is 0.744. The molecule has 3 fully saturated rings. The molecule has 23 heavy (non-hydrogen) atoms. The highest BCUT2D eigenvalue weighted by atomic mass is 16.5. The molecule has 1 aromatic rings. The molecular formula is C21H31NO. The van der Waals surface area contributed by atoms with Crippen molar-refractivity contribution >= 4 is 0 Å². The minimum absolute atomic E-state index is 0.456. The maximum absolute atomic E-state index is 6.36. The van der Waals surface area contributed by atoms with Gasteiger partial charge in [-0.3, -0.25) is 4.90 Å². The number of hydrogen-bond donors (Lipinski definition) is 0. The van der Waals surface area contributed by atoms with Crippen molar-refractivity contribution in [3.05, 3.63) is 35.9 Å². The Morgan fingerprint density at radius 3 is 2.43 bits per heavy atom. The summed E-state index contributed by atoms with van der Waals surface area (Å²) in [7, 11) is 0. The molecule has 0 N–H and O–H groups in total. The monoisotopic (exact) mass is 313 g/mol. The standard InChI is InChI=1S/C21H31NO/c1-2-6-17(7-3-1)14-20-21(23-16-19-10-11-19)12-13-22(20)15-18-8-4-5-9-18/h1-3,6-7,18-21H,4-5,8-16H2/t20-,21+/m0/s1. The van der Waals surface area contributed by atoms with Crippen molar-refractivity contribution < 1.29 is 4.74 Å². The third-order valence-corrected chi connectivity index (χ3v) is 6.10. The minimum Gasteiger partial charge on any atom is -0.376 e. The molecule has 4 rings (SSSR count). The fourth-order valence-corrected chi connectivity index (χ4v) is 4.49. The number of ether oxygens (including phenoxy) is 1. The molecule has 2 nitrogen and oxygen atoms in total. The van der Waals surface area contributed by atoms with Crippen molar-refractivity contribution in [2.24, 2.45) is 11.8 Å². The van der Waals surface area contributed by atoms with Crippen molar-refractivity contribution in [3.8, 4) is 0 Å². The molecule has 2 aliphatic carbocycles. The lowest BCUT2D eigenvalue weighted by Crippen LogP contribution is -2.40. The predicted molar refractivity (Wildman–Crippen MR) is 94.5 cm³/mol. The van der Waals surface area contributed by atoms with E-state index in [9.17, 15) is 0 Å². The van der Waals surface area contributed by atoms with Gasteiger partial charge in [-0.15, -0.1) is 0 Å². The van der Waals surface area contributed by atoms with Gasteiger partial charge in [0.2, 0.25) is 0 Å². The van der Waals surface area contributed by atoms with Crippen molar-refractivity contribution in [2.75, 3.05) is 19.7 Å². The molecule has 2 heteroatoms. The molecule has 1 aromatic carbocycles.